The molecule has 1 N–H and O–H groups in total. The maximum Gasteiger partial charge on any atom is 0.225 e. The Hall–Kier alpha value is -1.85. The van der Waals surface area contributed by atoms with Crippen molar-refractivity contribution in [3.05, 3.63) is 58.1 Å². The highest BCUT2D eigenvalue weighted by molar-refractivity contribution is 9.10. The summed E-state index contributed by atoms with van der Waals surface area (Å²) in [7, 11) is 0. The van der Waals surface area contributed by atoms with Crippen LogP contribution in [0.25, 0.3) is 0 Å². The summed E-state index contributed by atoms with van der Waals surface area (Å²) in [5.74, 6) is 0.0714. The summed E-state index contributed by atoms with van der Waals surface area (Å²) in [5, 5.41) is 2.99. The molecule has 5 heteroatoms. The summed E-state index contributed by atoms with van der Waals surface area (Å²) < 4.78 is 1.02. The Morgan fingerprint density at radius 1 is 1.04 bits per heavy atom. The molecule has 0 aromatic heterocycles. The number of carbonyl (C=O) groups excluding carboxylic acids is 1. The minimum Gasteiger partial charge on any atom is -0.369 e. The number of para-hydroxylation sites is 1. The molecule has 0 atom stereocenters. The number of nitrogens with one attached hydrogen (secondary N) is 1. The number of nitrogens with zero attached hydrogens (tertiary/aromatic N) is 2. The van der Waals surface area contributed by atoms with E-state index in [4.69, 9.17) is 0 Å². The lowest BCUT2D eigenvalue weighted by molar-refractivity contribution is -0.116. The van der Waals surface area contributed by atoms with Crippen LogP contribution in [-0.4, -0.2) is 43.5 Å². The van der Waals surface area contributed by atoms with Gasteiger partial charge in [-0.2, -0.15) is 0 Å². The maximum absolute atomic E-state index is 12.2. The first-order valence-corrected chi connectivity index (χ1v) is 9.91. The van der Waals surface area contributed by atoms with Crippen LogP contribution in [0.15, 0.2) is 46.9 Å². The minimum absolute atomic E-state index is 0.0714. The van der Waals surface area contributed by atoms with E-state index >= 15 is 0 Å². The summed E-state index contributed by atoms with van der Waals surface area (Å²) in [5.41, 5.74) is 4.66. The molecule has 0 aliphatic carbocycles. The van der Waals surface area contributed by atoms with Crippen molar-refractivity contribution in [2.24, 2.45) is 0 Å². The van der Waals surface area contributed by atoms with Gasteiger partial charge < -0.3 is 10.2 Å². The van der Waals surface area contributed by atoms with Crippen LogP contribution < -0.4 is 10.2 Å². The SMILES string of the molecule is Cc1ccc(NC(=O)CCN2CCN(c3ccccc3C)CC2)cc1Br. The Bertz CT molecular complexity index is 770. The first-order chi connectivity index (χ1) is 12.5. The minimum atomic E-state index is 0.0714. The highest BCUT2D eigenvalue weighted by atomic mass is 79.9. The van der Waals surface area contributed by atoms with Crippen LogP contribution in [0.4, 0.5) is 11.4 Å². The number of halogens is 1. The zero-order valence-corrected chi connectivity index (χ0v) is 17.1. The quantitative estimate of drug-likeness (QED) is 0.793. The molecule has 3 rings (SSSR count). The average Bonchev–Trinajstić information content (AvgIpc) is 2.64. The van der Waals surface area contributed by atoms with Crippen molar-refractivity contribution in [3.8, 4) is 0 Å². The Morgan fingerprint density at radius 2 is 1.77 bits per heavy atom. The van der Waals surface area contributed by atoms with Crippen LogP contribution in [0.5, 0.6) is 0 Å². The van der Waals surface area contributed by atoms with Crippen molar-refractivity contribution in [2.75, 3.05) is 42.9 Å². The topological polar surface area (TPSA) is 35.6 Å². The molecule has 4 nitrogen and oxygen atoms in total. The molecule has 2 aromatic rings. The monoisotopic (exact) mass is 415 g/mol. The van der Waals surface area contributed by atoms with Gasteiger partial charge in [0.2, 0.25) is 5.91 Å². The van der Waals surface area contributed by atoms with Gasteiger partial charge in [0, 0.05) is 55.0 Å². The molecule has 0 bridgehead atoms. The van der Waals surface area contributed by atoms with Crippen molar-refractivity contribution < 1.29 is 4.79 Å². The van der Waals surface area contributed by atoms with E-state index in [1.54, 1.807) is 0 Å². The van der Waals surface area contributed by atoms with Gasteiger partial charge in [-0.05, 0) is 43.2 Å². The molecule has 1 aliphatic heterocycles. The molecule has 0 radical (unpaired) electrons. The van der Waals surface area contributed by atoms with Gasteiger partial charge in [0.05, 0.1) is 0 Å². The molecule has 26 heavy (non-hydrogen) atoms. The summed E-state index contributed by atoms with van der Waals surface area (Å²) in [6.07, 6.45) is 0.524. The van der Waals surface area contributed by atoms with E-state index in [2.05, 4.69) is 62.2 Å². The number of benzene rings is 2. The van der Waals surface area contributed by atoms with Gasteiger partial charge in [0.15, 0.2) is 0 Å². The number of carbonyl (C=O) groups is 1. The summed E-state index contributed by atoms with van der Waals surface area (Å²) in [6, 6.07) is 14.4. The zero-order chi connectivity index (χ0) is 18.5. The number of piperazine rings is 1. The van der Waals surface area contributed by atoms with E-state index in [0.29, 0.717) is 6.42 Å². The predicted molar refractivity (Wildman–Crippen MR) is 112 cm³/mol. The third-order valence-electron chi connectivity index (χ3n) is 4.94. The molecule has 0 spiro atoms. The lowest BCUT2D eigenvalue weighted by Crippen LogP contribution is -2.47. The fraction of sp³-hybridized carbons (Fsp3) is 0.381. The largest absolute Gasteiger partial charge is 0.369 e. The van der Waals surface area contributed by atoms with Crippen LogP contribution in [0.2, 0.25) is 0 Å². The van der Waals surface area contributed by atoms with Crippen molar-refractivity contribution >= 4 is 33.2 Å². The van der Waals surface area contributed by atoms with E-state index in [-0.39, 0.29) is 5.91 Å². The molecular weight excluding hydrogens is 390 g/mol. The second-order valence-electron chi connectivity index (χ2n) is 6.88. The maximum atomic E-state index is 12.2. The Kier molecular flexibility index (Phi) is 6.33. The van der Waals surface area contributed by atoms with Crippen molar-refractivity contribution in [1.82, 2.24) is 4.90 Å². The highest BCUT2D eigenvalue weighted by Crippen LogP contribution is 2.22. The second kappa shape index (κ2) is 8.69. The van der Waals surface area contributed by atoms with Crippen molar-refractivity contribution in [1.29, 1.82) is 0 Å². The number of rotatable bonds is 5. The van der Waals surface area contributed by atoms with Crippen LogP contribution in [0.3, 0.4) is 0 Å². The van der Waals surface area contributed by atoms with Crippen LogP contribution >= 0.6 is 15.9 Å². The molecule has 1 heterocycles. The van der Waals surface area contributed by atoms with E-state index in [0.717, 1.165) is 48.4 Å². The normalized spacial score (nSPS) is 15.1. The van der Waals surface area contributed by atoms with E-state index < -0.39 is 0 Å². The van der Waals surface area contributed by atoms with E-state index in [1.165, 1.54) is 11.3 Å². The molecule has 0 unspecified atom stereocenters. The predicted octanol–water partition coefficient (Wildman–Crippen LogP) is 4.22. The summed E-state index contributed by atoms with van der Waals surface area (Å²) in [6.45, 7) is 9.02. The third-order valence-corrected chi connectivity index (χ3v) is 5.79. The first-order valence-electron chi connectivity index (χ1n) is 9.12. The van der Waals surface area contributed by atoms with Gasteiger partial charge in [-0.25, -0.2) is 0 Å². The lowest BCUT2D eigenvalue weighted by Gasteiger charge is -2.36. The van der Waals surface area contributed by atoms with Gasteiger partial charge in [-0.1, -0.05) is 40.2 Å². The average molecular weight is 416 g/mol. The first kappa shape index (κ1) is 18.9. The molecule has 1 fully saturated rings. The lowest BCUT2D eigenvalue weighted by atomic mass is 10.1. The summed E-state index contributed by atoms with van der Waals surface area (Å²) in [4.78, 5) is 17.0. The Balaban J connectivity index is 1.44. The molecule has 138 valence electrons. The second-order valence-corrected chi connectivity index (χ2v) is 7.73. The van der Waals surface area contributed by atoms with Gasteiger partial charge in [0.1, 0.15) is 0 Å². The molecule has 1 saturated heterocycles. The van der Waals surface area contributed by atoms with Crippen molar-refractivity contribution in [3.63, 3.8) is 0 Å². The van der Waals surface area contributed by atoms with Gasteiger partial charge in [-0.3, -0.25) is 9.69 Å². The zero-order valence-electron chi connectivity index (χ0n) is 15.5. The standard InChI is InChI=1S/C21H26BrN3O/c1-16-7-8-18(15-19(16)22)23-21(26)9-10-24-11-13-25(14-12-24)20-6-4-3-5-17(20)2/h3-8,15H,9-14H2,1-2H3,(H,23,26). The summed E-state index contributed by atoms with van der Waals surface area (Å²) >= 11 is 3.50. The Morgan fingerprint density at radius 3 is 2.46 bits per heavy atom. The van der Waals surface area contributed by atoms with Gasteiger partial charge >= 0.3 is 0 Å². The number of hydrogen-bond acceptors (Lipinski definition) is 3. The third kappa shape index (κ3) is 4.86. The van der Waals surface area contributed by atoms with E-state index in [9.17, 15) is 4.79 Å². The smallest absolute Gasteiger partial charge is 0.225 e. The van der Waals surface area contributed by atoms with Gasteiger partial charge in [0.25, 0.3) is 0 Å². The number of anilines is 2. The van der Waals surface area contributed by atoms with E-state index in [1.807, 2.05) is 25.1 Å². The molecular formula is C21H26BrN3O. The molecule has 1 aliphatic rings. The van der Waals surface area contributed by atoms with Crippen LogP contribution in [0, 0.1) is 13.8 Å². The number of hydrogen-bond donors (Lipinski definition) is 1. The van der Waals surface area contributed by atoms with Gasteiger partial charge in [-0.15, -0.1) is 0 Å². The number of aryl methyl sites for hydroxylation is 2. The fourth-order valence-electron chi connectivity index (χ4n) is 3.28. The fourth-order valence-corrected chi connectivity index (χ4v) is 3.66. The van der Waals surface area contributed by atoms with Crippen LogP contribution in [0.1, 0.15) is 17.5 Å². The molecule has 1 amide bonds. The molecule has 0 saturated carbocycles. The highest BCUT2D eigenvalue weighted by Gasteiger charge is 2.18. The van der Waals surface area contributed by atoms with Crippen LogP contribution in [-0.2, 0) is 4.79 Å². The number of amides is 1. The Labute approximate surface area is 164 Å². The van der Waals surface area contributed by atoms with Crippen molar-refractivity contribution in [2.45, 2.75) is 20.3 Å². The molecule has 2 aromatic carbocycles.